The van der Waals surface area contributed by atoms with E-state index in [2.05, 4.69) is 5.32 Å². The van der Waals surface area contributed by atoms with Crippen LogP contribution in [0.5, 0.6) is 0 Å². The van der Waals surface area contributed by atoms with Crippen molar-refractivity contribution in [1.29, 1.82) is 0 Å². The summed E-state index contributed by atoms with van der Waals surface area (Å²) in [6.07, 6.45) is 2.03. The molecule has 0 radical (unpaired) electrons. The first-order valence-electron chi connectivity index (χ1n) is 7.78. The minimum atomic E-state index is -1.19. The summed E-state index contributed by atoms with van der Waals surface area (Å²) in [5.41, 5.74) is -0.546. The Kier molecular flexibility index (Phi) is 3.83. The molecular formula is C17H19NO5. The number of aliphatic carboxylic acids is 2. The summed E-state index contributed by atoms with van der Waals surface area (Å²) in [6, 6.07) is 8.83. The summed E-state index contributed by atoms with van der Waals surface area (Å²) in [4.78, 5) is 36.2. The molecule has 122 valence electrons. The quantitative estimate of drug-likeness (QED) is 0.790. The van der Waals surface area contributed by atoms with Crippen LogP contribution in [0.2, 0.25) is 0 Å². The Labute approximate surface area is 133 Å². The maximum absolute atomic E-state index is 12.9. The van der Waals surface area contributed by atoms with Crippen LogP contribution in [-0.4, -0.2) is 28.1 Å². The van der Waals surface area contributed by atoms with Crippen LogP contribution in [0.15, 0.2) is 30.3 Å². The van der Waals surface area contributed by atoms with Crippen molar-refractivity contribution in [3.8, 4) is 0 Å². The van der Waals surface area contributed by atoms with E-state index in [4.69, 9.17) is 0 Å². The first-order chi connectivity index (χ1) is 11.0. The highest BCUT2D eigenvalue weighted by molar-refractivity contribution is 5.99. The average molecular weight is 317 g/mol. The van der Waals surface area contributed by atoms with Gasteiger partial charge < -0.3 is 15.5 Å². The molecule has 3 saturated carbocycles. The van der Waals surface area contributed by atoms with E-state index in [0.29, 0.717) is 31.4 Å². The number of nitrogens with one attached hydrogen (secondary N) is 1. The number of para-hydroxylation sites is 1. The number of carbonyl (C=O) groups excluding carboxylic acids is 1. The number of carboxylic acids is 2. The third kappa shape index (κ3) is 2.48. The van der Waals surface area contributed by atoms with Gasteiger partial charge in [0.05, 0.1) is 17.3 Å². The van der Waals surface area contributed by atoms with Crippen molar-refractivity contribution >= 4 is 23.5 Å². The van der Waals surface area contributed by atoms with Crippen LogP contribution < -0.4 is 5.32 Å². The molecule has 0 aromatic heterocycles. The maximum Gasteiger partial charge on any atom is 0.308 e. The largest absolute Gasteiger partial charge is 0.481 e. The zero-order valence-electron chi connectivity index (χ0n) is 12.6. The van der Waals surface area contributed by atoms with E-state index in [1.165, 1.54) is 0 Å². The lowest BCUT2D eigenvalue weighted by Crippen LogP contribution is -2.58. The van der Waals surface area contributed by atoms with Gasteiger partial charge in [0.15, 0.2) is 0 Å². The Balaban J connectivity index is 1.94. The van der Waals surface area contributed by atoms with Crippen LogP contribution in [-0.2, 0) is 14.4 Å². The van der Waals surface area contributed by atoms with E-state index < -0.39 is 29.2 Å². The van der Waals surface area contributed by atoms with Crippen molar-refractivity contribution in [2.75, 3.05) is 5.32 Å². The molecule has 0 unspecified atom stereocenters. The number of rotatable bonds is 4. The number of anilines is 1. The maximum atomic E-state index is 12.9. The SMILES string of the molecule is O=C(O)[C@H]1C2CCC(C(=O)Nc3ccccc3)(CC2)[C@H]1C(=O)O. The summed E-state index contributed by atoms with van der Waals surface area (Å²) in [5.74, 6) is -4.99. The van der Waals surface area contributed by atoms with Crippen LogP contribution >= 0.6 is 0 Å². The van der Waals surface area contributed by atoms with Crippen LogP contribution in [0.4, 0.5) is 5.69 Å². The molecule has 3 fully saturated rings. The van der Waals surface area contributed by atoms with Crippen molar-refractivity contribution in [1.82, 2.24) is 0 Å². The van der Waals surface area contributed by atoms with Gasteiger partial charge >= 0.3 is 11.9 Å². The minimum Gasteiger partial charge on any atom is -0.481 e. The lowest BCUT2D eigenvalue weighted by Gasteiger charge is -2.52. The van der Waals surface area contributed by atoms with Gasteiger partial charge in [-0.2, -0.15) is 0 Å². The number of benzene rings is 1. The lowest BCUT2D eigenvalue weighted by atomic mass is 9.50. The molecule has 0 spiro atoms. The van der Waals surface area contributed by atoms with Gasteiger partial charge in [-0.25, -0.2) is 0 Å². The third-order valence-electron chi connectivity index (χ3n) is 5.42. The number of fused-ring (bicyclic) bond motifs is 3. The summed E-state index contributed by atoms with van der Waals surface area (Å²) in [6.45, 7) is 0. The number of carboxylic acid groups (broad SMARTS) is 2. The van der Waals surface area contributed by atoms with Crippen LogP contribution in [0, 0.1) is 23.2 Å². The van der Waals surface area contributed by atoms with Gasteiger partial charge in [-0.05, 0) is 43.7 Å². The molecule has 3 aliphatic rings. The number of hydrogen-bond donors (Lipinski definition) is 3. The molecule has 0 aliphatic heterocycles. The lowest BCUT2D eigenvalue weighted by molar-refractivity contribution is -0.178. The smallest absolute Gasteiger partial charge is 0.308 e. The Bertz CT molecular complexity index is 634. The van der Waals surface area contributed by atoms with Gasteiger partial charge in [-0.15, -0.1) is 0 Å². The number of hydrogen-bond acceptors (Lipinski definition) is 3. The standard InChI is InChI=1S/C17H19NO5/c19-14(20)12-10-6-8-17(9-7-10,13(12)15(21)22)16(23)18-11-4-2-1-3-5-11/h1-5,10,12-13H,6-9H2,(H,18,23)(H,19,20)(H,21,22)/t10?,12-,13+,17?/m0/s1. The molecule has 1 amide bonds. The Morgan fingerprint density at radius 1 is 1.00 bits per heavy atom. The summed E-state index contributed by atoms with van der Waals surface area (Å²) >= 11 is 0. The van der Waals surface area contributed by atoms with Crippen molar-refractivity contribution in [3.63, 3.8) is 0 Å². The zero-order valence-corrected chi connectivity index (χ0v) is 12.6. The second kappa shape index (κ2) is 5.68. The predicted octanol–water partition coefficient (Wildman–Crippen LogP) is 2.22. The molecule has 6 heteroatoms. The number of carbonyl (C=O) groups is 3. The molecule has 3 aliphatic carbocycles. The summed E-state index contributed by atoms with van der Waals surface area (Å²) < 4.78 is 0. The zero-order chi connectivity index (χ0) is 16.6. The third-order valence-corrected chi connectivity index (χ3v) is 5.42. The Morgan fingerprint density at radius 2 is 1.61 bits per heavy atom. The molecule has 1 aromatic rings. The minimum absolute atomic E-state index is 0.153. The molecular weight excluding hydrogens is 298 g/mol. The van der Waals surface area contributed by atoms with Gasteiger partial charge in [0.25, 0.3) is 0 Å². The highest BCUT2D eigenvalue weighted by Crippen LogP contribution is 2.57. The second-order valence-corrected chi connectivity index (χ2v) is 6.49. The molecule has 0 heterocycles. The number of amides is 1. The molecule has 3 N–H and O–H groups in total. The topological polar surface area (TPSA) is 104 Å². The van der Waals surface area contributed by atoms with Gasteiger partial charge in [0, 0.05) is 5.69 Å². The fourth-order valence-corrected chi connectivity index (χ4v) is 4.32. The Morgan fingerprint density at radius 3 is 2.13 bits per heavy atom. The average Bonchev–Trinajstić information content (AvgIpc) is 2.55. The van der Waals surface area contributed by atoms with E-state index in [1.807, 2.05) is 6.07 Å². The molecule has 0 saturated heterocycles. The fraction of sp³-hybridized carbons (Fsp3) is 0.471. The van der Waals surface area contributed by atoms with Gasteiger partial charge in [-0.3, -0.25) is 14.4 Å². The summed E-state index contributed by atoms with van der Waals surface area (Å²) in [5, 5.41) is 21.9. The highest BCUT2D eigenvalue weighted by atomic mass is 16.4. The first-order valence-corrected chi connectivity index (χ1v) is 7.78. The van der Waals surface area contributed by atoms with Crippen LogP contribution in [0.25, 0.3) is 0 Å². The van der Waals surface area contributed by atoms with Crippen molar-refractivity contribution in [3.05, 3.63) is 30.3 Å². The van der Waals surface area contributed by atoms with E-state index >= 15 is 0 Å². The van der Waals surface area contributed by atoms with Crippen molar-refractivity contribution in [2.45, 2.75) is 25.7 Å². The van der Waals surface area contributed by atoms with E-state index in [0.717, 1.165) is 0 Å². The molecule has 4 rings (SSSR count). The van der Waals surface area contributed by atoms with Crippen molar-refractivity contribution in [2.24, 2.45) is 23.2 Å². The molecule has 1 aromatic carbocycles. The van der Waals surface area contributed by atoms with Crippen LogP contribution in [0.3, 0.4) is 0 Å². The predicted molar refractivity (Wildman–Crippen MR) is 81.7 cm³/mol. The molecule has 2 atom stereocenters. The van der Waals surface area contributed by atoms with E-state index in [-0.39, 0.29) is 11.8 Å². The van der Waals surface area contributed by atoms with Gasteiger partial charge in [0.2, 0.25) is 5.91 Å². The Hall–Kier alpha value is -2.37. The molecule has 6 nitrogen and oxygen atoms in total. The monoisotopic (exact) mass is 317 g/mol. The van der Waals surface area contributed by atoms with E-state index in [9.17, 15) is 24.6 Å². The molecule has 2 bridgehead atoms. The second-order valence-electron chi connectivity index (χ2n) is 6.49. The van der Waals surface area contributed by atoms with Crippen molar-refractivity contribution < 1.29 is 24.6 Å². The van der Waals surface area contributed by atoms with Gasteiger partial charge in [0.1, 0.15) is 0 Å². The first kappa shape index (κ1) is 15.5. The van der Waals surface area contributed by atoms with Crippen LogP contribution in [0.1, 0.15) is 25.7 Å². The van der Waals surface area contributed by atoms with Gasteiger partial charge in [-0.1, -0.05) is 18.2 Å². The fourth-order valence-electron chi connectivity index (χ4n) is 4.32. The normalized spacial score (nSPS) is 32.3. The highest BCUT2D eigenvalue weighted by Gasteiger charge is 2.62. The van der Waals surface area contributed by atoms with E-state index in [1.54, 1.807) is 24.3 Å². The molecule has 23 heavy (non-hydrogen) atoms. The summed E-state index contributed by atoms with van der Waals surface area (Å²) in [7, 11) is 0.